The van der Waals surface area contributed by atoms with Crippen LogP contribution in [0.5, 0.6) is 0 Å². The van der Waals surface area contributed by atoms with Crippen molar-refractivity contribution in [3.05, 3.63) is 35.9 Å². The third kappa shape index (κ3) is 3.56. The van der Waals surface area contributed by atoms with Gasteiger partial charge in [0.1, 0.15) is 6.04 Å². The molecule has 1 aromatic rings. The number of likely N-dealkylation sites (tertiary alicyclic amines) is 1. The zero-order valence-electron chi connectivity index (χ0n) is 11.3. The molecule has 1 unspecified atom stereocenters. The number of hydrogen-bond donors (Lipinski definition) is 1. The number of rotatable bonds is 4. The molecule has 4 nitrogen and oxygen atoms in total. The van der Waals surface area contributed by atoms with E-state index in [2.05, 4.69) is 5.32 Å². The SMILES string of the molecule is CC(=O)N1CCCC1C(=O)NCCc1ccccc1. The number of carbonyl (C=O) groups is 2. The summed E-state index contributed by atoms with van der Waals surface area (Å²) in [6, 6.07) is 9.78. The van der Waals surface area contributed by atoms with Gasteiger partial charge in [-0.15, -0.1) is 0 Å². The molecule has 2 amide bonds. The lowest BCUT2D eigenvalue weighted by Crippen LogP contribution is -2.45. The predicted molar refractivity (Wildman–Crippen MR) is 73.6 cm³/mol. The number of amides is 2. The monoisotopic (exact) mass is 260 g/mol. The van der Waals surface area contributed by atoms with Crippen LogP contribution in [0.1, 0.15) is 25.3 Å². The summed E-state index contributed by atoms with van der Waals surface area (Å²) >= 11 is 0. The Morgan fingerprint density at radius 3 is 2.74 bits per heavy atom. The van der Waals surface area contributed by atoms with E-state index >= 15 is 0 Å². The van der Waals surface area contributed by atoms with Crippen molar-refractivity contribution in [3.8, 4) is 0 Å². The quantitative estimate of drug-likeness (QED) is 0.888. The minimum atomic E-state index is -0.270. The van der Waals surface area contributed by atoms with Crippen molar-refractivity contribution >= 4 is 11.8 Å². The summed E-state index contributed by atoms with van der Waals surface area (Å²) in [5.74, 6) is -0.0376. The Balaban J connectivity index is 1.80. The first-order valence-electron chi connectivity index (χ1n) is 6.77. The minimum Gasteiger partial charge on any atom is -0.354 e. The molecule has 1 aliphatic heterocycles. The van der Waals surface area contributed by atoms with Crippen molar-refractivity contribution in [3.63, 3.8) is 0 Å². The number of hydrogen-bond acceptors (Lipinski definition) is 2. The Morgan fingerprint density at radius 1 is 1.32 bits per heavy atom. The molecule has 1 heterocycles. The first kappa shape index (κ1) is 13.6. The van der Waals surface area contributed by atoms with E-state index in [9.17, 15) is 9.59 Å². The summed E-state index contributed by atoms with van der Waals surface area (Å²) in [5, 5.41) is 2.93. The van der Waals surface area contributed by atoms with Gasteiger partial charge in [0.25, 0.3) is 0 Å². The predicted octanol–water partition coefficient (Wildman–Crippen LogP) is 1.36. The second-order valence-corrected chi connectivity index (χ2v) is 4.90. The van der Waals surface area contributed by atoms with Gasteiger partial charge >= 0.3 is 0 Å². The van der Waals surface area contributed by atoms with Crippen molar-refractivity contribution in [2.24, 2.45) is 0 Å². The Hall–Kier alpha value is -1.84. The van der Waals surface area contributed by atoms with Gasteiger partial charge in [0, 0.05) is 20.0 Å². The van der Waals surface area contributed by atoms with Gasteiger partial charge in [0.2, 0.25) is 11.8 Å². The van der Waals surface area contributed by atoms with Crippen molar-refractivity contribution < 1.29 is 9.59 Å². The van der Waals surface area contributed by atoms with E-state index in [-0.39, 0.29) is 17.9 Å². The molecule has 2 rings (SSSR count). The lowest BCUT2D eigenvalue weighted by atomic mass is 10.1. The van der Waals surface area contributed by atoms with E-state index in [4.69, 9.17) is 0 Å². The topological polar surface area (TPSA) is 49.4 Å². The fourth-order valence-corrected chi connectivity index (χ4v) is 2.51. The summed E-state index contributed by atoms with van der Waals surface area (Å²) in [5.41, 5.74) is 1.21. The molecule has 0 saturated carbocycles. The molecule has 102 valence electrons. The molecule has 1 atom stereocenters. The highest BCUT2D eigenvalue weighted by Gasteiger charge is 2.31. The van der Waals surface area contributed by atoms with Crippen molar-refractivity contribution in [2.45, 2.75) is 32.2 Å². The lowest BCUT2D eigenvalue weighted by Gasteiger charge is -2.22. The van der Waals surface area contributed by atoms with Gasteiger partial charge in [0.05, 0.1) is 0 Å². The standard InChI is InChI=1S/C15H20N2O2/c1-12(18)17-11-5-8-14(17)15(19)16-10-9-13-6-3-2-4-7-13/h2-4,6-7,14H,5,8-11H2,1H3,(H,16,19). The third-order valence-electron chi connectivity index (χ3n) is 3.52. The van der Waals surface area contributed by atoms with Crippen LogP contribution in [0.25, 0.3) is 0 Å². The van der Waals surface area contributed by atoms with E-state index in [0.717, 1.165) is 19.3 Å². The van der Waals surface area contributed by atoms with E-state index in [1.165, 1.54) is 12.5 Å². The molecule has 0 radical (unpaired) electrons. The van der Waals surface area contributed by atoms with Gasteiger partial charge in [-0.25, -0.2) is 0 Å². The van der Waals surface area contributed by atoms with E-state index in [1.807, 2.05) is 30.3 Å². The highest BCUT2D eigenvalue weighted by Crippen LogP contribution is 2.17. The summed E-state index contributed by atoms with van der Waals surface area (Å²) < 4.78 is 0. The first-order chi connectivity index (χ1) is 9.18. The third-order valence-corrected chi connectivity index (χ3v) is 3.52. The molecular formula is C15H20N2O2. The first-order valence-corrected chi connectivity index (χ1v) is 6.77. The maximum absolute atomic E-state index is 12.0. The van der Waals surface area contributed by atoms with Gasteiger partial charge < -0.3 is 10.2 Å². The molecule has 0 bridgehead atoms. The number of nitrogens with zero attached hydrogens (tertiary/aromatic N) is 1. The molecule has 19 heavy (non-hydrogen) atoms. The summed E-state index contributed by atoms with van der Waals surface area (Å²) in [4.78, 5) is 25.1. The summed E-state index contributed by atoms with van der Waals surface area (Å²) in [6.45, 7) is 2.84. The van der Waals surface area contributed by atoms with E-state index < -0.39 is 0 Å². The largest absolute Gasteiger partial charge is 0.354 e. The van der Waals surface area contributed by atoms with Crippen LogP contribution in [-0.4, -0.2) is 35.8 Å². The van der Waals surface area contributed by atoms with Gasteiger partial charge in [-0.1, -0.05) is 30.3 Å². The van der Waals surface area contributed by atoms with Crippen molar-refractivity contribution in [1.82, 2.24) is 10.2 Å². The Bertz CT molecular complexity index is 445. The molecule has 1 saturated heterocycles. The van der Waals surface area contributed by atoms with Crippen LogP contribution in [0, 0.1) is 0 Å². The second kappa shape index (κ2) is 6.36. The molecule has 1 N–H and O–H groups in total. The van der Waals surface area contributed by atoms with Crippen LogP contribution in [-0.2, 0) is 16.0 Å². The summed E-state index contributed by atoms with van der Waals surface area (Å²) in [6.07, 6.45) is 2.51. The minimum absolute atomic E-state index is 0.0132. The van der Waals surface area contributed by atoms with Crippen LogP contribution in [0.4, 0.5) is 0 Å². The Labute approximate surface area is 113 Å². The zero-order chi connectivity index (χ0) is 13.7. The Morgan fingerprint density at radius 2 is 2.05 bits per heavy atom. The summed E-state index contributed by atoms with van der Waals surface area (Å²) in [7, 11) is 0. The van der Waals surface area contributed by atoms with E-state index in [0.29, 0.717) is 13.1 Å². The average molecular weight is 260 g/mol. The number of benzene rings is 1. The van der Waals surface area contributed by atoms with E-state index in [1.54, 1.807) is 4.90 Å². The second-order valence-electron chi connectivity index (χ2n) is 4.90. The van der Waals surface area contributed by atoms with Gasteiger partial charge in [-0.3, -0.25) is 9.59 Å². The van der Waals surface area contributed by atoms with Crippen LogP contribution < -0.4 is 5.32 Å². The highest BCUT2D eigenvalue weighted by atomic mass is 16.2. The average Bonchev–Trinajstić information content (AvgIpc) is 2.89. The fraction of sp³-hybridized carbons (Fsp3) is 0.467. The van der Waals surface area contributed by atoms with Crippen LogP contribution >= 0.6 is 0 Å². The number of nitrogens with one attached hydrogen (secondary N) is 1. The molecule has 4 heteroatoms. The molecule has 1 aromatic carbocycles. The highest BCUT2D eigenvalue weighted by molar-refractivity contribution is 5.87. The molecule has 0 aliphatic carbocycles. The van der Waals surface area contributed by atoms with Gasteiger partial charge in [-0.2, -0.15) is 0 Å². The lowest BCUT2D eigenvalue weighted by molar-refractivity contribution is -0.136. The van der Waals surface area contributed by atoms with Gasteiger partial charge in [0.15, 0.2) is 0 Å². The molecular weight excluding hydrogens is 240 g/mol. The molecule has 0 spiro atoms. The van der Waals surface area contributed by atoms with Crippen LogP contribution in [0.2, 0.25) is 0 Å². The smallest absolute Gasteiger partial charge is 0.242 e. The maximum Gasteiger partial charge on any atom is 0.242 e. The van der Waals surface area contributed by atoms with Crippen molar-refractivity contribution in [1.29, 1.82) is 0 Å². The molecule has 0 aromatic heterocycles. The normalized spacial score (nSPS) is 18.4. The zero-order valence-corrected chi connectivity index (χ0v) is 11.3. The van der Waals surface area contributed by atoms with Crippen LogP contribution in [0.15, 0.2) is 30.3 Å². The van der Waals surface area contributed by atoms with Crippen LogP contribution in [0.3, 0.4) is 0 Å². The maximum atomic E-state index is 12.0. The Kier molecular flexibility index (Phi) is 4.55. The number of carbonyl (C=O) groups excluding carboxylic acids is 2. The van der Waals surface area contributed by atoms with Crippen molar-refractivity contribution in [2.75, 3.05) is 13.1 Å². The molecule has 1 fully saturated rings. The molecule has 1 aliphatic rings. The fourth-order valence-electron chi connectivity index (χ4n) is 2.51. The van der Waals surface area contributed by atoms with Gasteiger partial charge in [-0.05, 0) is 24.8 Å².